The summed E-state index contributed by atoms with van der Waals surface area (Å²) in [5, 5.41) is 3.42. The van der Waals surface area contributed by atoms with Gasteiger partial charge in [0.2, 0.25) is 0 Å². The van der Waals surface area contributed by atoms with Crippen molar-refractivity contribution >= 4 is 5.82 Å². The standard InChI is InChI=1S/C24H35N3O3/c1-6-20-23(19-12-16-10-8-9-11-17(16)13-22(19)30-5)26-21(7-2)24(27-20)25-14-18(29-4)15-28-3/h12-13,18H,6-11,14-15H2,1-5H3,(H,25,27). The lowest BCUT2D eigenvalue weighted by atomic mass is 9.89. The lowest BCUT2D eigenvalue weighted by Gasteiger charge is -2.21. The second-order valence-corrected chi connectivity index (χ2v) is 7.74. The second kappa shape index (κ2) is 10.7. The van der Waals surface area contributed by atoms with Crippen molar-refractivity contribution in [3.8, 4) is 17.0 Å². The van der Waals surface area contributed by atoms with Gasteiger partial charge in [0.05, 0.1) is 36.9 Å². The summed E-state index contributed by atoms with van der Waals surface area (Å²) in [6.45, 7) is 5.38. The summed E-state index contributed by atoms with van der Waals surface area (Å²) in [6.07, 6.45) is 6.31. The summed E-state index contributed by atoms with van der Waals surface area (Å²) < 4.78 is 16.5. The third-order valence-electron chi connectivity index (χ3n) is 5.81. The molecular formula is C24H35N3O3. The first kappa shape index (κ1) is 22.5. The number of ether oxygens (including phenoxy) is 3. The van der Waals surface area contributed by atoms with Crippen LogP contribution in [0, 0.1) is 0 Å². The summed E-state index contributed by atoms with van der Waals surface area (Å²) in [6, 6.07) is 4.49. The number of nitrogens with one attached hydrogen (secondary N) is 1. The van der Waals surface area contributed by atoms with Gasteiger partial charge < -0.3 is 19.5 Å². The predicted octanol–water partition coefficient (Wildman–Crippen LogP) is 4.23. The highest BCUT2D eigenvalue weighted by Gasteiger charge is 2.20. The van der Waals surface area contributed by atoms with E-state index in [1.165, 1.54) is 24.0 Å². The van der Waals surface area contributed by atoms with Gasteiger partial charge in [0.15, 0.2) is 0 Å². The summed E-state index contributed by atoms with van der Waals surface area (Å²) >= 11 is 0. The molecule has 0 bridgehead atoms. The largest absolute Gasteiger partial charge is 0.496 e. The number of nitrogens with zero attached hydrogens (tertiary/aromatic N) is 2. The number of aromatic nitrogens is 2. The van der Waals surface area contributed by atoms with E-state index in [1.54, 1.807) is 21.3 Å². The van der Waals surface area contributed by atoms with Crippen molar-refractivity contribution in [1.82, 2.24) is 9.97 Å². The average Bonchev–Trinajstić information content (AvgIpc) is 2.80. The smallest absolute Gasteiger partial charge is 0.148 e. The molecule has 164 valence electrons. The summed E-state index contributed by atoms with van der Waals surface area (Å²) in [7, 11) is 5.12. The fourth-order valence-corrected chi connectivity index (χ4v) is 4.08. The quantitative estimate of drug-likeness (QED) is 0.629. The Balaban J connectivity index is 2.00. The zero-order valence-electron chi connectivity index (χ0n) is 19.0. The van der Waals surface area contributed by atoms with Gasteiger partial charge in [-0.1, -0.05) is 13.8 Å². The number of hydrogen-bond donors (Lipinski definition) is 1. The van der Waals surface area contributed by atoms with E-state index in [0.29, 0.717) is 13.2 Å². The van der Waals surface area contributed by atoms with Crippen LogP contribution in [0.4, 0.5) is 5.82 Å². The Bertz CT molecular complexity index is 854. The molecule has 1 aliphatic rings. The molecule has 1 aliphatic carbocycles. The molecule has 0 radical (unpaired) electrons. The number of anilines is 1. The van der Waals surface area contributed by atoms with Gasteiger partial charge in [0.25, 0.3) is 0 Å². The predicted molar refractivity (Wildman–Crippen MR) is 121 cm³/mol. The first-order valence-electron chi connectivity index (χ1n) is 11.0. The molecule has 0 fully saturated rings. The fraction of sp³-hybridized carbons (Fsp3) is 0.583. The highest BCUT2D eigenvalue weighted by Crippen LogP contribution is 2.37. The zero-order valence-corrected chi connectivity index (χ0v) is 19.0. The topological polar surface area (TPSA) is 65.5 Å². The average molecular weight is 414 g/mol. The number of fused-ring (bicyclic) bond motifs is 1. The van der Waals surface area contributed by atoms with Crippen LogP contribution in [0.15, 0.2) is 12.1 Å². The van der Waals surface area contributed by atoms with Crippen LogP contribution in [-0.4, -0.2) is 50.6 Å². The fourth-order valence-electron chi connectivity index (χ4n) is 4.08. The number of aryl methyl sites for hydroxylation is 4. The van der Waals surface area contributed by atoms with Crippen molar-refractivity contribution in [3.63, 3.8) is 0 Å². The van der Waals surface area contributed by atoms with Crippen molar-refractivity contribution in [2.45, 2.75) is 58.5 Å². The zero-order chi connectivity index (χ0) is 21.5. The van der Waals surface area contributed by atoms with E-state index >= 15 is 0 Å². The van der Waals surface area contributed by atoms with Gasteiger partial charge in [-0.05, 0) is 61.8 Å². The minimum Gasteiger partial charge on any atom is -0.496 e. The number of hydrogen-bond acceptors (Lipinski definition) is 6. The lowest BCUT2D eigenvalue weighted by Crippen LogP contribution is -2.27. The van der Waals surface area contributed by atoms with Crippen LogP contribution in [0.2, 0.25) is 0 Å². The van der Waals surface area contributed by atoms with Crippen LogP contribution >= 0.6 is 0 Å². The number of methoxy groups -OCH3 is 3. The van der Waals surface area contributed by atoms with Crippen LogP contribution in [0.5, 0.6) is 5.75 Å². The molecule has 1 aromatic heterocycles. The van der Waals surface area contributed by atoms with Gasteiger partial charge in [-0.3, -0.25) is 0 Å². The molecule has 1 unspecified atom stereocenters. The van der Waals surface area contributed by atoms with E-state index in [0.717, 1.165) is 59.9 Å². The molecule has 6 nitrogen and oxygen atoms in total. The van der Waals surface area contributed by atoms with Crippen LogP contribution < -0.4 is 10.1 Å². The Kier molecular flexibility index (Phi) is 8.05. The first-order chi connectivity index (χ1) is 14.6. The van der Waals surface area contributed by atoms with Gasteiger partial charge in [0.1, 0.15) is 11.6 Å². The van der Waals surface area contributed by atoms with Crippen molar-refractivity contribution < 1.29 is 14.2 Å². The van der Waals surface area contributed by atoms with Crippen LogP contribution in [0.25, 0.3) is 11.3 Å². The SMILES string of the molecule is CCc1nc(-c2cc3c(cc2OC)CCCC3)c(CC)nc1NCC(COC)OC. The third-order valence-corrected chi connectivity index (χ3v) is 5.81. The van der Waals surface area contributed by atoms with E-state index in [4.69, 9.17) is 24.2 Å². The van der Waals surface area contributed by atoms with E-state index < -0.39 is 0 Å². The third kappa shape index (κ3) is 4.93. The number of rotatable bonds is 10. The Morgan fingerprint density at radius 1 is 0.967 bits per heavy atom. The molecule has 0 saturated heterocycles. The van der Waals surface area contributed by atoms with E-state index in [9.17, 15) is 0 Å². The molecule has 0 amide bonds. The molecule has 6 heteroatoms. The van der Waals surface area contributed by atoms with Crippen molar-refractivity contribution in [2.75, 3.05) is 39.8 Å². The number of benzene rings is 1. The minimum absolute atomic E-state index is 0.0352. The molecule has 1 aromatic carbocycles. The van der Waals surface area contributed by atoms with Crippen molar-refractivity contribution in [3.05, 3.63) is 34.6 Å². The minimum atomic E-state index is -0.0352. The summed E-state index contributed by atoms with van der Waals surface area (Å²) in [5.74, 6) is 1.72. The summed E-state index contributed by atoms with van der Waals surface area (Å²) in [4.78, 5) is 10.0. The molecule has 0 spiro atoms. The van der Waals surface area contributed by atoms with E-state index in [1.807, 2.05) is 0 Å². The molecule has 1 N–H and O–H groups in total. The van der Waals surface area contributed by atoms with E-state index in [2.05, 4.69) is 31.3 Å². The molecule has 30 heavy (non-hydrogen) atoms. The lowest BCUT2D eigenvalue weighted by molar-refractivity contribution is 0.0365. The van der Waals surface area contributed by atoms with Crippen molar-refractivity contribution in [1.29, 1.82) is 0 Å². The molecule has 1 heterocycles. The maximum atomic E-state index is 5.78. The van der Waals surface area contributed by atoms with Crippen LogP contribution in [-0.2, 0) is 35.2 Å². The van der Waals surface area contributed by atoms with Crippen LogP contribution in [0.1, 0.15) is 49.2 Å². The van der Waals surface area contributed by atoms with Gasteiger partial charge in [-0.15, -0.1) is 0 Å². The van der Waals surface area contributed by atoms with Gasteiger partial charge in [-0.2, -0.15) is 0 Å². The maximum absolute atomic E-state index is 5.78. The molecule has 3 rings (SSSR count). The highest BCUT2D eigenvalue weighted by atomic mass is 16.5. The molecule has 0 saturated carbocycles. The molecular weight excluding hydrogens is 378 g/mol. The highest BCUT2D eigenvalue weighted by molar-refractivity contribution is 5.72. The first-order valence-corrected chi connectivity index (χ1v) is 11.0. The Morgan fingerprint density at radius 3 is 2.27 bits per heavy atom. The maximum Gasteiger partial charge on any atom is 0.148 e. The molecule has 2 aromatic rings. The monoisotopic (exact) mass is 413 g/mol. The van der Waals surface area contributed by atoms with E-state index in [-0.39, 0.29) is 6.10 Å². The molecule has 0 aliphatic heterocycles. The van der Waals surface area contributed by atoms with Gasteiger partial charge in [-0.25, -0.2) is 9.97 Å². The second-order valence-electron chi connectivity index (χ2n) is 7.74. The Hall–Kier alpha value is -2.18. The van der Waals surface area contributed by atoms with Gasteiger partial charge >= 0.3 is 0 Å². The Morgan fingerprint density at radius 2 is 1.67 bits per heavy atom. The van der Waals surface area contributed by atoms with Crippen molar-refractivity contribution in [2.24, 2.45) is 0 Å². The summed E-state index contributed by atoms with van der Waals surface area (Å²) in [5.41, 5.74) is 6.75. The van der Waals surface area contributed by atoms with Crippen LogP contribution in [0.3, 0.4) is 0 Å². The molecule has 1 atom stereocenters. The Labute approximate surface area is 180 Å². The van der Waals surface area contributed by atoms with Gasteiger partial charge in [0, 0.05) is 26.3 Å². The normalized spacial score (nSPS) is 14.3.